The molecule has 9 nitrogen and oxygen atoms in total. The van der Waals surface area contributed by atoms with E-state index in [4.69, 9.17) is 14.2 Å². The Bertz CT molecular complexity index is 1330. The van der Waals surface area contributed by atoms with Crippen LogP contribution in [0.5, 0.6) is 5.75 Å². The number of benzene rings is 3. The summed E-state index contributed by atoms with van der Waals surface area (Å²) in [5.74, 6) is -1.01. The van der Waals surface area contributed by atoms with Gasteiger partial charge in [0.05, 0.1) is 37.9 Å². The second-order valence-electron chi connectivity index (χ2n) is 8.51. The summed E-state index contributed by atoms with van der Waals surface area (Å²) in [6.45, 7) is 3.94. The van der Waals surface area contributed by atoms with Crippen LogP contribution in [0.2, 0.25) is 0 Å². The van der Waals surface area contributed by atoms with Crippen molar-refractivity contribution >= 4 is 35.1 Å². The Labute approximate surface area is 220 Å². The molecule has 0 spiro atoms. The topological polar surface area (TPSA) is 111 Å². The number of ether oxygens (including phenoxy) is 3. The first-order chi connectivity index (χ1) is 18.3. The summed E-state index contributed by atoms with van der Waals surface area (Å²) < 4.78 is 15.3. The maximum atomic E-state index is 13.9. The van der Waals surface area contributed by atoms with Crippen LogP contribution in [-0.2, 0) is 24.6 Å². The number of anilines is 2. The first-order valence-corrected chi connectivity index (χ1v) is 12.2. The Morgan fingerprint density at radius 3 is 1.82 bits per heavy atom. The number of carbonyl (C=O) groups is 4. The minimum atomic E-state index is -1.35. The van der Waals surface area contributed by atoms with Gasteiger partial charge >= 0.3 is 11.9 Å². The zero-order chi connectivity index (χ0) is 27.3. The van der Waals surface area contributed by atoms with Crippen molar-refractivity contribution in [1.82, 2.24) is 0 Å². The van der Waals surface area contributed by atoms with Crippen molar-refractivity contribution in [3.63, 3.8) is 0 Å². The second kappa shape index (κ2) is 11.2. The van der Waals surface area contributed by atoms with Crippen molar-refractivity contribution in [1.29, 1.82) is 0 Å². The third-order valence-electron chi connectivity index (χ3n) is 6.27. The van der Waals surface area contributed by atoms with Crippen molar-refractivity contribution in [2.45, 2.75) is 25.8 Å². The van der Waals surface area contributed by atoms with Crippen LogP contribution in [0.4, 0.5) is 11.4 Å². The molecule has 0 aliphatic carbocycles. The van der Waals surface area contributed by atoms with Crippen LogP contribution in [-0.4, -0.2) is 44.1 Å². The van der Waals surface area contributed by atoms with Crippen LogP contribution >= 0.6 is 0 Å². The van der Waals surface area contributed by atoms with E-state index < -0.39 is 23.4 Å². The van der Waals surface area contributed by atoms with Gasteiger partial charge in [0.15, 0.2) is 5.54 Å². The molecular formula is C29H28N2O7. The van der Waals surface area contributed by atoms with E-state index in [1.807, 2.05) is 0 Å². The Hall–Kier alpha value is -4.66. The van der Waals surface area contributed by atoms with E-state index in [9.17, 15) is 19.2 Å². The summed E-state index contributed by atoms with van der Waals surface area (Å²) in [5.41, 5.74) is 0.842. The van der Waals surface area contributed by atoms with Crippen LogP contribution in [0.1, 0.15) is 46.5 Å². The molecule has 38 heavy (non-hydrogen) atoms. The van der Waals surface area contributed by atoms with E-state index in [0.29, 0.717) is 33.8 Å². The van der Waals surface area contributed by atoms with Gasteiger partial charge in [-0.15, -0.1) is 0 Å². The molecule has 0 aromatic heterocycles. The van der Waals surface area contributed by atoms with E-state index in [2.05, 4.69) is 5.32 Å². The molecule has 1 unspecified atom stereocenters. The Morgan fingerprint density at radius 1 is 0.816 bits per heavy atom. The molecule has 4 rings (SSSR count). The van der Waals surface area contributed by atoms with Crippen LogP contribution in [0, 0.1) is 0 Å². The molecule has 1 aliphatic heterocycles. The van der Waals surface area contributed by atoms with Gasteiger partial charge in [0.2, 0.25) is 5.91 Å². The highest BCUT2D eigenvalue weighted by Crippen LogP contribution is 2.46. The normalized spacial score (nSPS) is 16.3. The van der Waals surface area contributed by atoms with Gasteiger partial charge in [-0.05, 0) is 80.1 Å². The molecule has 9 heteroatoms. The average molecular weight is 517 g/mol. The smallest absolute Gasteiger partial charge is 0.338 e. The summed E-state index contributed by atoms with van der Waals surface area (Å²) in [7, 11) is 1.54. The number of methoxy groups -OCH3 is 1. The van der Waals surface area contributed by atoms with Crippen molar-refractivity contribution in [3.8, 4) is 5.75 Å². The standard InChI is InChI=1S/C29H28N2O7/c1-4-37-26(33)19-6-12-22(13-7-19)30-28(35)29(21-10-16-24(36-3)17-11-21)18-25(32)31(29)23-14-8-20(9-15-23)27(34)38-5-2/h6-17H,4-5,18H2,1-3H3,(H,30,35). The van der Waals surface area contributed by atoms with Gasteiger partial charge in [-0.2, -0.15) is 0 Å². The van der Waals surface area contributed by atoms with Gasteiger partial charge in [0, 0.05) is 11.4 Å². The zero-order valence-corrected chi connectivity index (χ0v) is 21.4. The Morgan fingerprint density at radius 2 is 1.34 bits per heavy atom. The third kappa shape index (κ3) is 4.95. The number of amides is 2. The van der Waals surface area contributed by atoms with Gasteiger partial charge in [-0.1, -0.05) is 12.1 Å². The molecule has 3 aromatic rings. The largest absolute Gasteiger partial charge is 0.497 e. The summed E-state index contributed by atoms with van der Waals surface area (Å²) in [5, 5.41) is 2.89. The predicted molar refractivity (Wildman–Crippen MR) is 140 cm³/mol. The molecule has 2 amide bonds. The van der Waals surface area contributed by atoms with E-state index in [0.717, 1.165) is 0 Å². The summed E-state index contributed by atoms with van der Waals surface area (Å²) in [6.07, 6.45) is -0.0638. The highest BCUT2D eigenvalue weighted by molar-refractivity contribution is 6.17. The molecule has 1 N–H and O–H groups in total. The van der Waals surface area contributed by atoms with E-state index in [-0.39, 0.29) is 25.5 Å². The molecular weight excluding hydrogens is 488 g/mol. The van der Waals surface area contributed by atoms with Crippen LogP contribution < -0.4 is 15.0 Å². The van der Waals surface area contributed by atoms with Crippen molar-refractivity contribution < 1.29 is 33.4 Å². The number of hydrogen-bond acceptors (Lipinski definition) is 7. The van der Waals surface area contributed by atoms with Gasteiger partial charge in [-0.25, -0.2) is 9.59 Å². The lowest BCUT2D eigenvalue weighted by molar-refractivity contribution is -0.137. The molecule has 196 valence electrons. The highest BCUT2D eigenvalue weighted by atomic mass is 16.5. The third-order valence-corrected chi connectivity index (χ3v) is 6.27. The first kappa shape index (κ1) is 26.4. The quantitative estimate of drug-likeness (QED) is 0.333. The fraction of sp³-hybridized carbons (Fsp3) is 0.241. The molecule has 3 aromatic carbocycles. The Balaban J connectivity index is 1.68. The minimum Gasteiger partial charge on any atom is -0.497 e. The number of rotatable bonds is 9. The molecule has 0 bridgehead atoms. The van der Waals surface area contributed by atoms with Crippen LogP contribution in [0.25, 0.3) is 0 Å². The Kier molecular flexibility index (Phi) is 7.76. The number of esters is 2. The average Bonchev–Trinajstić information content (AvgIpc) is 2.92. The lowest BCUT2D eigenvalue weighted by Crippen LogP contribution is -2.67. The van der Waals surface area contributed by atoms with Crippen LogP contribution in [0.3, 0.4) is 0 Å². The number of hydrogen-bond donors (Lipinski definition) is 1. The molecule has 1 heterocycles. The van der Waals surface area contributed by atoms with Crippen molar-refractivity contribution in [3.05, 3.63) is 89.5 Å². The molecule has 1 saturated heterocycles. The number of β-lactam (4-membered cyclic amide) rings is 1. The van der Waals surface area contributed by atoms with Crippen molar-refractivity contribution in [2.75, 3.05) is 30.5 Å². The monoisotopic (exact) mass is 516 g/mol. The molecule has 1 fully saturated rings. The maximum Gasteiger partial charge on any atom is 0.338 e. The lowest BCUT2D eigenvalue weighted by atomic mass is 9.76. The number of carbonyl (C=O) groups excluding carboxylic acids is 4. The van der Waals surface area contributed by atoms with E-state index in [1.165, 1.54) is 4.90 Å². The maximum absolute atomic E-state index is 13.9. The highest BCUT2D eigenvalue weighted by Gasteiger charge is 2.58. The molecule has 0 radical (unpaired) electrons. The first-order valence-electron chi connectivity index (χ1n) is 12.2. The lowest BCUT2D eigenvalue weighted by Gasteiger charge is -2.50. The zero-order valence-electron chi connectivity index (χ0n) is 21.4. The van der Waals surface area contributed by atoms with Gasteiger partial charge in [0.1, 0.15) is 5.75 Å². The summed E-state index contributed by atoms with van der Waals surface area (Å²) in [6, 6.07) is 19.6. The fourth-order valence-electron chi connectivity index (χ4n) is 4.37. The SMILES string of the molecule is CCOC(=O)c1ccc(NC(=O)C2(c3ccc(OC)cc3)CC(=O)N2c2ccc(C(=O)OCC)cc2)cc1. The minimum absolute atomic E-state index is 0.0638. The number of nitrogens with zero attached hydrogens (tertiary/aromatic N) is 1. The summed E-state index contributed by atoms with van der Waals surface area (Å²) >= 11 is 0. The van der Waals surface area contributed by atoms with Gasteiger partial charge in [0.25, 0.3) is 5.91 Å². The fourth-order valence-corrected chi connectivity index (χ4v) is 4.37. The van der Waals surface area contributed by atoms with E-state index >= 15 is 0 Å². The molecule has 0 saturated carbocycles. The second-order valence-corrected chi connectivity index (χ2v) is 8.51. The van der Waals surface area contributed by atoms with Gasteiger partial charge in [-0.3, -0.25) is 14.5 Å². The van der Waals surface area contributed by atoms with Crippen LogP contribution in [0.15, 0.2) is 72.8 Å². The van der Waals surface area contributed by atoms with Crippen molar-refractivity contribution in [2.24, 2.45) is 0 Å². The summed E-state index contributed by atoms with van der Waals surface area (Å²) in [4.78, 5) is 52.3. The van der Waals surface area contributed by atoms with E-state index in [1.54, 1.807) is 93.8 Å². The van der Waals surface area contributed by atoms with Gasteiger partial charge < -0.3 is 19.5 Å². The number of nitrogens with one attached hydrogen (secondary N) is 1. The molecule has 1 atom stereocenters. The molecule has 1 aliphatic rings. The predicted octanol–water partition coefficient (Wildman–Crippen LogP) is 4.32.